The third kappa shape index (κ3) is 2.14. The van der Waals surface area contributed by atoms with Crippen molar-refractivity contribution >= 4 is 11.7 Å². The fourth-order valence-corrected chi connectivity index (χ4v) is 1.79. The molecule has 0 aromatic rings. The van der Waals surface area contributed by atoms with E-state index in [1.165, 1.54) is 0 Å². The number of amides is 1. The maximum Gasteiger partial charge on any atom is 0.226 e. The molecular formula is C11H19NO2. The lowest BCUT2D eigenvalue weighted by Crippen LogP contribution is -2.54. The van der Waals surface area contributed by atoms with Gasteiger partial charge in [-0.25, -0.2) is 0 Å². The topological polar surface area (TPSA) is 37.4 Å². The van der Waals surface area contributed by atoms with Crippen LogP contribution in [0, 0.1) is 5.92 Å². The molecule has 0 bridgehead atoms. The normalized spacial score (nSPS) is 24.3. The van der Waals surface area contributed by atoms with E-state index in [2.05, 4.69) is 0 Å². The largest absolute Gasteiger partial charge is 0.330 e. The van der Waals surface area contributed by atoms with E-state index in [0.717, 1.165) is 6.42 Å². The van der Waals surface area contributed by atoms with E-state index >= 15 is 0 Å². The highest BCUT2D eigenvalue weighted by Crippen LogP contribution is 2.24. The molecule has 0 aliphatic carbocycles. The van der Waals surface area contributed by atoms with Gasteiger partial charge < -0.3 is 4.90 Å². The first kappa shape index (κ1) is 11.2. The summed E-state index contributed by atoms with van der Waals surface area (Å²) in [5.74, 6) is 0.237. The zero-order valence-electron chi connectivity index (χ0n) is 9.46. The molecule has 1 saturated heterocycles. The minimum atomic E-state index is -0.236. The van der Waals surface area contributed by atoms with Gasteiger partial charge in [-0.05, 0) is 27.2 Å². The van der Waals surface area contributed by atoms with Crippen molar-refractivity contribution < 1.29 is 9.59 Å². The van der Waals surface area contributed by atoms with Crippen molar-refractivity contribution in [1.82, 2.24) is 4.90 Å². The summed E-state index contributed by atoms with van der Waals surface area (Å²) in [6.45, 7) is 8.16. The van der Waals surface area contributed by atoms with Crippen LogP contribution in [0.15, 0.2) is 0 Å². The van der Waals surface area contributed by atoms with Crippen LogP contribution in [0.1, 0.15) is 40.5 Å². The Morgan fingerprint density at radius 1 is 1.36 bits per heavy atom. The second-order valence-corrected chi connectivity index (χ2v) is 4.94. The molecule has 1 rings (SSSR count). The van der Waals surface area contributed by atoms with Gasteiger partial charge >= 0.3 is 0 Å². The minimum Gasteiger partial charge on any atom is -0.330 e. The number of rotatable bonds is 1. The SMILES string of the molecule is CCC1CC(=O)CN(C(C)(C)C)C1=O. The second-order valence-electron chi connectivity index (χ2n) is 4.94. The van der Waals surface area contributed by atoms with Gasteiger partial charge in [0.2, 0.25) is 5.91 Å². The van der Waals surface area contributed by atoms with Crippen LogP contribution < -0.4 is 0 Å². The zero-order chi connectivity index (χ0) is 10.9. The molecule has 1 atom stereocenters. The predicted octanol–water partition coefficient (Wildman–Crippen LogP) is 1.61. The van der Waals surface area contributed by atoms with Gasteiger partial charge in [-0.3, -0.25) is 9.59 Å². The molecule has 1 aliphatic heterocycles. The number of Topliss-reactive ketones (excluding diaryl/α,β-unsaturated/α-hetero) is 1. The van der Waals surface area contributed by atoms with Crippen LogP contribution in [0.5, 0.6) is 0 Å². The summed E-state index contributed by atoms with van der Waals surface area (Å²) in [6.07, 6.45) is 1.19. The van der Waals surface area contributed by atoms with Crippen LogP contribution >= 0.6 is 0 Å². The quantitative estimate of drug-likeness (QED) is 0.640. The van der Waals surface area contributed by atoms with Crippen molar-refractivity contribution in [2.75, 3.05) is 6.54 Å². The fourth-order valence-electron chi connectivity index (χ4n) is 1.79. The highest BCUT2D eigenvalue weighted by Gasteiger charge is 2.37. The van der Waals surface area contributed by atoms with Crippen molar-refractivity contribution in [1.29, 1.82) is 0 Å². The van der Waals surface area contributed by atoms with Crippen LogP contribution in [0.25, 0.3) is 0 Å². The third-order valence-corrected chi connectivity index (χ3v) is 2.73. The summed E-state index contributed by atoms with van der Waals surface area (Å²) in [7, 11) is 0. The van der Waals surface area contributed by atoms with Gasteiger partial charge in [0.05, 0.1) is 6.54 Å². The number of ketones is 1. The monoisotopic (exact) mass is 197 g/mol. The highest BCUT2D eigenvalue weighted by atomic mass is 16.2. The molecule has 0 aromatic carbocycles. The lowest BCUT2D eigenvalue weighted by Gasteiger charge is -2.40. The fraction of sp³-hybridized carbons (Fsp3) is 0.818. The zero-order valence-corrected chi connectivity index (χ0v) is 9.46. The maximum absolute atomic E-state index is 11.9. The summed E-state index contributed by atoms with van der Waals surface area (Å²) < 4.78 is 0. The van der Waals surface area contributed by atoms with E-state index in [1.54, 1.807) is 4.90 Å². The van der Waals surface area contributed by atoms with Crippen LogP contribution in [-0.4, -0.2) is 28.7 Å². The van der Waals surface area contributed by atoms with E-state index in [0.29, 0.717) is 13.0 Å². The van der Waals surface area contributed by atoms with Crippen molar-refractivity contribution in [2.24, 2.45) is 5.92 Å². The number of nitrogens with zero attached hydrogens (tertiary/aromatic N) is 1. The molecule has 80 valence electrons. The average molecular weight is 197 g/mol. The van der Waals surface area contributed by atoms with Crippen LogP contribution in [-0.2, 0) is 9.59 Å². The first-order chi connectivity index (χ1) is 6.36. The molecule has 1 aliphatic rings. The molecular weight excluding hydrogens is 178 g/mol. The van der Waals surface area contributed by atoms with Gasteiger partial charge in [-0.2, -0.15) is 0 Å². The standard InChI is InChI=1S/C11H19NO2/c1-5-8-6-9(13)7-12(10(8)14)11(2,3)4/h8H,5-7H2,1-4H3. The van der Waals surface area contributed by atoms with E-state index < -0.39 is 0 Å². The number of carbonyl (C=O) groups excluding carboxylic acids is 2. The molecule has 1 unspecified atom stereocenters. The van der Waals surface area contributed by atoms with E-state index in [9.17, 15) is 9.59 Å². The first-order valence-corrected chi connectivity index (χ1v) is 5.19. The summed E-state index contributed by atoms with van der Waals surface area (Å²) in [6, 6.07) is 0. The molecule has 0 radical (unpaired) electrons. The van der Waals surface area contributed by atoms with Crippen molar-refractivity contribution in [2.45, 2.75) is 46.1 Å². The Morgan fingerprint density at radius 3 is 2.36 bits per heavy atom. The van der Waals surface area contributed by atoms with Gasteiger partial charge in [0, 0.05) is 17.9 Å². The van der Waals surface area contributed by atoms with Gasteiger partial charge in [0.1, 0.15) is 0 Å². The minimum absolute atomic E-state index is 0.0875. The Hall–Kier alpha value is -0.860. The summed E-state index contributed by atoms with van der Waals surface area (Å²) in [5, 5.41) is 0. The molecule has 3 heteroatoms. The van der Waals surface area contributed by atoms with E-state index in [-0.39, 0.29) is 23.1 Å². The van der Waals surface area contributed by atoms with Crippen LogP contribution in [0.4, 0.5) is 0 Å². The molecule has 0 N–H and O–H groups in total. The van der Waals surface area contributed by atoms with Gasteiger partial charge in [0.25, 0.3) is 0 Å². The Balaban J connectivity index is 2.86. The maximum atomic E-state index is 11.9. The number of hydrogen-bond acceptors (Lipinski definition) is 2. The Kier molecular flexibility index (Phi) is 2.98. The number of carbonyl (C=O) groups is 2. The Morgan fingerprint density at radius 2 is 1.93 bits per heavy atom. The molecule has 14 heavy (non-hydrogen) atoms. The molecule has 3 nitrogen and oxygen atoms in total. The van der Waals surface area contributed by atoms with E-state index in [1.807, 2.05) is 27.7 Å². The van der Waals surface area contributed by atoms with Crippen LogP contribution in [0.2, 0.25) is 0 Å². The summed E-state index contributed by atoms with van der Waals surface area (Å²) >= 11 is 0. The van der Waals surface area contributed by atoms with Crippen LogP contribution in [0.3, 0.4) is 0 Å². The summed E-state index contributed by atoms with van der Waals surface area (Å²) in [4.78, 5) is 25.1. The van der Waals surface area contributed by atoms with Gasteiger partial charge in [0.15, 0.2) is 5.78 Å². The first-order valence-electron chi connectivity index (χ1n) is 5.19. The smallest absolute Gasteiger partial charge is 0.226 e. The predicted molar refractivity (Wildman–Crippen MR) is 54.9 cm³/mol. The Bertz CT molecular complexity index is 253. The van der Waals surface area contributed by atoms with Crippen molar-refractivity contribution in [3.63, 3.8) is 0 Å². The number of hydrogen-bond donors (Lipinski definition) is 0. The molecule has 0 aromatic heterocycles. The molecule has 1 amide bonds. The lowest BCUT2D eigenvalue weighted by atomic mass is 9.90. The lowest BCUT2D eigenvalue weighted by molar-refractivity contribution is -0.150. The second kappa shape index (κ2) is 3.71. The Labute approximate surface area is 85.5 Å². The molecule has 0 spiro atoms. The number of piperidine rings is 1. The van der Waals surface area contributed by atoms with Crippen molar-refractivity contribution in [3.8, 4) is 0 Å². The molecule has 1 heterocycles. The van der Waals surface area contributed by atoms with E-state index in [4.69, 9.17) is 0 Å². The average Bonchev–Trinajstić information content (AvgIpc) is 2.06. The van der Waals surface area contributed by atoms with Gasteiger partial charge in [-0.15, -0.1) is 0 Å². The molecule has 1 fully saturated rings. The van der Waals surface area contributed by atoms with Crippen molar-refractivity contribution in [3.05, 3.63) is 0 Å². The molecule has 0 saturated carbocycles. The number of likely N-dealkylation sites (tertiary alicyclic amines) is 1. The van der Waals surface area contributed by atoms with Gasteiger partial charge in [-0.1, -0.05) is 6.92 Å². The third-order valence-electron chi connectivity index (χ3n) is 2.73. The highest BCUT2D eigenvalue weighted by molar-refractivity contribution is 5.94. The summed E-state index contributed by atoms with van der Waals surface area (Å²) in [5.41, 5.74) is -0.236.